The maximum atomic E-state index is 13.0. The number of hydrogen-bond donors (Lipinski definition) is 1. The Labute approximate surface area is 297 Å². The average molecular weight is 703 g/mol. The number of aromatic nitrogens is 4. The van der Waals surface area contributed by atoms with Crippen LogP contribution in [0.4, 0.5) is 5.13 Å². The SMILES string of the molecule is CCCC(c1ccc(-c2cnn(CCN3CCC(C(=O)Nc4ncc(SCc5ncc(C(C)(C)C)o5)s4)CC3)c2)cc1)N(C)C(=O)CC#N. The number of likely N-dealkylation sites (tertiary alicyclic amines) is 1. The lowest BCUT2D eigenvalue weighted by Crippen LogP contribution is -2.39. The van der Waals surface area contributed by atoms with Gasteiger partial charge < -0.3 is 19.5 Å². The van der Waals surface area contributed by atoms with Crippen LogP contribution in [-0.2, 0) is 27.3 Å². The predicted molar refractivity (Wildman–Crippen MR) is 193 cm³/mol. The Morgan fingerprint density at radius 2 is 1.88 bits per heavy atom. The highest BCUT2D eigenvalue weighted by molar-refractivity contribution is 8.00. The Hall–Kier alpha value is -3.99. The second kappa shape index (κ2) is 16.6. The van der Waals surface area contributed by atoms with Crippen LogP contribution < -0.4 is 5.32 Å². The van der Waals surface area contributed by atoms with Gasteiger partial charge in [0.1, 0.15) is 12.2 Å². The summed E-state index contributed by atoms with van der Waals surface area (Å²) in [5, 5.41) is 17.2. The van der Waals surface area contributed by atoms with E-state index in [4.69, 9.17) is 9.68 Å². The number of oxazole rings is 1. The minimum Gasteiger partial charge on any atom is -0.444 e. The fourth-order valence-corrected chi connectivity index (χ4v) is 7.60. The molecule has 0 aliphatic carbocycles. The number of nitrogens with one attached hydrogen (secondary N) is 1. The quantitative estimate of drug-likeness (QED) is 0.136. The first-order valence-corrected chi connectivity index (χ1v) is 18.7. The second-order valence-electron chi connectivity index (χ2n) is 13.5. The Balaban J connectivity index is 1.04. The highest BCUT2D eigenvalue weighted by Crippen LogP contribution is 2.33. The Bertz CT molecular complexity index is 1730. The number of anilines is 1. The minimum absolute atomic E-state index is 0.0279. The van der Waals surface area contributed by atoms with Crippen molar-refractivity contribution in [2.75, 3.05) is 32.0 Å². The van der Waals surface area contributed by atoms with Crippen molar-refractivity contribution in [3.63, 3.8) is 0 Å². The molecule has 5 rings (SSSR count). The zero-order valence-electron chi connectivity index (χ0n) is 29.0. The van der Waals surface area contributed by atoms with E-state index >= 15 is 0 Å². The number of amides is 2. The van der Waals surface area contributed by atoms with Gasteiger partial charge >= 0.3 is 0 Å². The Kier molecular flexibility index (Phi) is 12.3. The van der Waals surface area contributed by atoms with E-state index < -0.39 is 0 Å². The molecular weight excluding hydrogens is 657 g/mol. The number of nitrogens with zero attached hydrogens (tertiary/aromatic N) is 7. The van der Waals surface area contributed by atoms with Crippen LogP contribution in [0.25, 0.3) is 11.1 Å². The molecule has 49 heavy (non-hydrogen) atoms. The fraction of sp³-hybridized carbons (Fsp3) is 0.500. The zero-order valence-corrected chi connectivity index (χ0v) is 30.6. The first-order valence-electron chi connectivity index (χ1n) is 16.9. The highest BCUT2D eigenvalue weighted by atomic mass is 32.2. The first-order chi connectivity index (χ1) is 23.5. The number of benzene rings is 1. The average Bonchev–Trinajstić information content (AvgIpc) is 3.87. The number of carbonyl (C=O) groups excluding carboxylic acids is 2. The van der Waals surface area contributed by atoms with Crippen molar-refractivity contribution in [3.8, 4) is 17.2 Å². The van der Waals surface area contributed by atoms with E-state index in [1.165, 1.54) is 11.3 Å². The van der Waals surface area contributed by atoms with E-state index in [-0.39, 0.29) is 35.6 Å². The predicted octanol–water partition coefficient (Wildman–Crippen LogP) is 7.15. The molecular formula is C36H46N8O3S2. The van der Waals surface area contributed by atoms with Crippen LogP contribution in [0.5, 0.6) is 0 Å². The smallest absolute Gasteiger partial charge is 0.237 e. The van der Waals surface area contributed by atoms with Crippen LogP contribution in [0.1, 0.15) is 83.1 Å². The van der Waals surface area contributed by atoms with Crippen LogP contribution in [0.3, 0.4) is 0 Å². The molecule has 1 saturated heterocycles. The third kappa shape index (κ3) is 9.80. The summed E-state index contributed by atoms with van der Waals surface area (Å²) in [6.45, 7) is 11.8. The molecule has 0 spiro atoms. The summed E-state index contributed by atoms with van der Waals surface area (Å²) >= 11 is 3.08. The maximum Gasteiger partial charge on any atom is 0.237 e. The third-order valence-electron chi connectivity index (χ3n) is 8.86. The molecule has 1 aliphatic rings. The lowest BCUT2D eigenvalue weighted by molar-refractivity contribution is -0.131. The van der Waals surface area contributed by atoms with Gasteiger partial charge in [0.25, 0.3) is 0 Å². The summed E-state index contributed by atoms with van der Waals surface area (Å²) in [5.74, 6) is 2.03. The van der Waals surface area contributed by atoms with Crippen molar-refractivity contribution in [1.29, 1.82) is 5.26 Å². The van der Waals surface area contributed by atoms with Crippen LogP contribution >= 0.6 is 23.1 Å². The molecule has 1 atom stereocenters. The second-order valence-corrected chi connectivity index (χ2v) is 15.8. The summed E-state index contributed by atoms with van der Waals surface area (Å²) < 4.78 is 8.86. The lowest BCUT2D eigenvalue weighted by atomic mass is 9.94. The van der Waals surface area contributed by atoms with Crippen molar-refractivity contribution in [3.05, 3.63) is 66.3 Å². The van der Waals surface area contributed by atoms with Crippen molar-refractivity contribution >= 4 is 40.0 Å². The molecule has 0 radical (unpaired) electrons. The molecule has 13 heteroatoms. The first kappa shape index (κ1) is 36.3. The molecule has 4 heterocycles. The summed E-state index contributed by atoms with van der Waals surface area (Å²) in [6.07, 6.45) is 10.8. The molecule has 1 aromatic carbocycles. The molecule has 1 unspecified atom stereocenters. The van der Waals surface area contributed by atoms with E-state index in [0.717, 1.165) is 78.5 Å². The minimum atomic E-state index is -0.159. The summed E-state index contributed by atoms with van der Waals surface area (Å²) in [6, 6.07) is 10.2. The van der Waals surface area contributed by atoms with E-state index in [1.54, 1.807) is 36.1 Å². The fourth-order valence-electron chi connectivity index (χ4n) is 5.87. The Morgan fingerprint density at radius 1 is 1.12 bits per heavy atom. The van der Waals surface area contributed by atoms with Crippen molar-refractivity contribution in [2.24, 2.45) is 5.92 Å². The molecule has 0 bridgehead atoms. The van der Waals surface area contributed by atoms with Crippen LogP contribution in [0.2, 0.25) is 0 Å². The van der Waals surface area contributed by atoms with Crippen LogP contribution in [0, 0.1) is 17.2 Å². The monoisotopic (exact) mass is 702 g/mol. The van der Waals surface area contributed by atoms with Gasteiger partial charge in [-0.1, -0.05) is 69.7 Å². The van der Waals surface area contributed by atoms with Crippen molar-refractivity contribution in [2.45, 2.75) is 87.8 Å². The molecule has 2 amide bonds. The number of rotatable bonds is 14. The van der Waals surface area contributed by atoms with Crippen LogP contribution in [0.15, 0.2) is 57.7 Å². The number of nitriles is 1. The highest BCUT2D eigenvalue weighted by Gasteiger charge is 2.26. The van der Waals surface area contributed by atoms with Crippen LogP contribution in [-0.4, -0.2) is 68.0 Å². The number of thiazole rings is 1. The van der Waals surface area contributed by atoms with E-state index in [0.29, 0.717) is 16.8 Å². The van der Waals surface area contributed by atoms with Gasteiger partial charge in [-0.3, -0.25) is 14.3 Å². The van der Waals surface area contributed by atoms with Gasteiger partial charge in [0.15, 0.2) is 5.13 Å². The van der Waals surface area contributed by atoms with E-state index in [2.05, 4.69) is 83.4 Å². The zero-order chi connectivity index (χ0) is 35.0. The van der Waals surface area contributed by atoms with Gasteiger partial charge in [-0.15, -0.1) is 11.8 Å². The number of thioether (sulfide) groups is 1. The molecule has 260 valence electrons. The summed E-state index contributed by atoms with van der Waals surface area (Å²) in [5.41, 5.74) is 3.10. The molecule has 1 N–H and O–H groups in total. The van der Waals surface area contributed by atoms with Gasteiger partial charge in [-0.25, -0.2) is 9.97 Å². The number of hydrogen-bond acceptors (Lipinski definition) is 10. The van der Waals surface area contributed by atoms with Gasteiger partial charge in [-0.05, 0) is 43.5 Å². The molecule has 0 saturated carbocycles. The topological polar surface area (TPSA) is 133 Å². The van der Waals surface area contributed by atoms with E-state index in [9.17, 15) is 9.59 Å². The number of carbonyl (C=O) groups is 2. The van der Waals surface area contributed by atoms with Gasteiger partial charge in [0.05, 0.1) is 47.2 Å². The molecule has 4 aromatic rings. The standard InChI is InChI=1S/C36H46N8O3S2/c1-6-7-29(42(5)32(45)12-15-37)26-10-8-25(9-11-26)28-20-40-44(23-28)19-18-43-16-13-27(14-17-43)34(46)41-35-39-22-33(49-35)48-24-31-38-21-30(47-31)36(2,3)4/h8-11,20-23,27,29H,6-7,12-14,16-19,24H2,1-5H3,(H,39,41,46). The summed E-state index contributed by atoms with van der Waals surface area (Å²) in [4.78, 5) is 38.3. The summed E-state index contributed by atoms with van der Waals surface area (Å²) in [7, 11) is 1.78. The number of piperidine rings is 1. The third-order valence-corrected chi connectivity index (χ3v) is 11.0. The Morgan fingerprint density at radius 3 is 2.55 bits per heavy atom. The van der Waals surface area contributed by atoms with Gasteiger partial charge in [0.2, 0.25) is 17.7 Å². The lowest BCUT2D eigenvalue weighted by Gasteiger charge is -2.30. The molecule has 11 nitrogen and oxygen atoms in total. The van der Waals surface area contributed by atoms with Gasteiger partial charge in [-0.2, -0.15) is 10.4 Å². The molecule has 1 aliphatic heterocycles. The largest absolute Gasteiger partial charge is 0.444 e. The van der Waals surface area contributed by atoms with Crippen molar-refractivity contribution < 1.29 is 14.0 Å². The van der Waals surface area contributed by atoms with Gasteiger partial charge in [0, 0.05) is 36.7 Å². The maximum absolute atomic E-state index is 13.0. The molecule has 1 fully saturated rings. The normalized spacial score (nSPS) is 14.8. The van der Waals surface area contributed by atoms with Crippen molar-refractivity contribution in [1.82, 2.24) is 29.5 Å². The molecule has 3 aromatic heterocycles. The van der Waals surface area contributed by atoms with E-state index in [1.807, 2.05) is 16.9 Å².